The van der Waals surface area contributed by atoms with E-state index < -0.39 is 0 Å². The minimum absolute atomic E-state index is 1.01. The van der Waals surface area contributed by atoms with Crippen molar-refractivity contribution in [3.8, 4) is 0 Å². The van der Waals surface area contributed by atoms with Gasteiger partial charge in [-0.2, -0.15) is 0 Å². The highest BCUT2D eigenvalue weighted by Crippen LogP contribution is 2.05. The highest BCUT2D eigenvalue weighted by atomic mass is 14.8. The third-order valence-corrected chi connectivity index (χ3v) is 1.58. The predicted octanol–water partition coefficient (Wildman–Crippen LogP) is 2.55. The Morgan fingerprint density at radius 2 is 2.18 bits per heavy atom. The number of allylic oxidation sites excluding steroid dienone is 5. The van der Waals surface area contributed by atoms with Crippen LogP contribution in [0.2, 0.25) is 0 Å². The second-order valence-corrected chi connectivity index (χ2v) is 2.54. The highest BCUT2D eigenvalue weighted by molar-refractivity contribution is 5.20. The first-order valence-corrected chi connectivity index (χ1v) is 4.01. The fraction of sp³-hybridized carbons (Fsp3) is 0.300. The Kier molecular flexibility index (Phi) is 3.53. The summed E-state index contributed by atoms with van der Waals surface area (Å²) in [7, 11) is 0. The minimum atomic E-state index is 1.01. The number of hydrogen-bond donors (Lipinski definition) is 1. The molecule has 0 bridgehead atoms. The maximum Gasteiger partial charge on any atom is 0.0146 e. The molecule has 0 amide bonds. The predicted molar refractivity (Wildman–Crippen MR) is 48.7 cm³/mol. The maximum absolute atomic E-state index is 3.80. The fourth-order valence-corrected chi connectivity index (χ4v) is 0.966. The van der Waals surface area contributed by atoms with Gasteiger partial charge in [0.2, 0.25) is 0 Å². The number of hydrogen-bond acceptors (Lipinski definition) is 1. The molecule has 0 aromatic rings. The first-order chi connectivity index (χ1) is 5.43. The van der Waals surface area contributed by atoms with Crippen molar-refractivity contribution in [3.05, 3.63) is 43.1 Å². The van der Waals surface area contributed by atoms with Gasteiger partial charge in [-0.25, -0.2) is 0 Å². The molecule has 11 heavy (non-hydrogen) atoms. The number of rotatable bonds is 3. The zero-order valence-corrected chi connectivity index (χ0v) is 6.72. The van der Waals surface area contributed by atoms with E-state index in [-0.39, 0.29) is 0 Å². The monoisotopic (exact) mass is 148 g/mol. The summed E-state index contributed by atoms with van der Waals surface area (Å²) in [5.74, 6) is 0. The Morgan fingerprint density at radius 3 is 3.00 bits per heavy atom. The first-order valence-electron chi connectivity index (χ1n) is 4.01. The van der Waals surface area contributed by atoms with E-state index in [1.54, 1.807) is 0 Å². The summed E-state index contributed by atoms with van der Waals surface area (Å²) in [5.41, 5.74) is 1.28. The van der Waals surface area contributed by atoms with Gasteiger partial charge in [0, 0.05) is 11.9 Å². The van der Waals surface area contributed by atoms with E-state index in [2.05, 4.69) is 24.4 Å². The average molecular weight is 148 g/mol. The summed E-state index contributed by atoms with van der Waals surface area (Å²) in [6.45, 7) is 3.80. The lowest BCUT2D eigenvalue weighted by Gasteiger charge is -2.03. The molecule has 0 unspecified atom stereocenters. The van der Waals surface area contributed by atoms with Crippen LogP contribution in [-0.4, -0.2) is 0 Å². The molecule has 1 aliphatic heterocycles. The molecule has 1 heteroatoms. The van der Waals surface area contributed by atoms with Crippen molar-refractivity contribution < 1.29 is 0 Å². The van der Waals surface area contributed by atoms with Gasteiger partial charge in [-0.05, 0) is 25.0 Å². The molecule has 59 valence electrons. The van der Waals surface area contributed by atoms with Gasteiger partial charge in [-0.1, -0.05) is 25.5 Å². The van der Waals surface area contributed by atoms with Crippen LogP contribution in [0.1, 0.15) is 19.3 Å². The highest BCUT2D eigenvalue weighted by Gasteiger charge is 1.92. The van der Waals surface area contributed by atoms with Gasteiger partial charge in [0.25, 0.3) is 0 Å². The molecule has 1 rings (SSSR count). The topological polar surface area (TPSA) is 12.0 Å². The molecule has 0 spiro atoms. The lowest BCUT2D eigenvalue weighted by atomic mass is 10.2. The molecular formula is C10H14N. The summed E-state index contributed by atoms with van der Waals surface area (Å²) in [5, 5.41) is 3.21. The lowest BCUT2D eigenvalue weighted by molar-refractivity contribution is 0.788. The molecule has 0 fully saturated rings. The molecule has 0 atom stereocenters. The minimum Gasteiger partial charge on any atom is -0.365 e. The smallest absolute Gasteiger partial charge is 0.0146 e. The van der Waals surface area contributed by atoms with Crippen LogP contribution in [0, 0.1) is 6.92 Å². The fourth-order valence-electron chi connectivity index (χ4n) is 0.966. The summed E-state index contributed by atoms with van der Waals surface area (Å²) in [6, 6.07) is 0. The maximum atomic E-state index is 3.80. The van der Waals surface area contributed by atoms with Crippen molar-refractivity contribution in [2.45, 2.75) is 19.3 Å². The van der Waals surface area contributed by atoms with E-state index in [1.807, 2.05) is 18.4 Å². The van der Waals surface area contributed by atoms with Crippen molar-refractivity contribution in [1.82, 2.24) is 5.32 Å². The summed E-state index contributed by atoms with van der Waals surface area (Å²) >= 11 is 0. The molecule has 1 heterocycles. The van der Waals surface area contributed by atoms with Gasteiger partial charge in [0.05, 0.1) is 0 Å². The Bertz CT molecular complexity index is 187. The van der Waals surface area contributed by atoms with E-state index in [0.717, 1.165) is 19.3 Å². The molecule has 1 N–H and O–H groups in total. The van der Waals surface area contributed by atoms with Crippen LogP contribution < -0.4 is 5.32 Å². The molecule has 0 aromatic heterocycles. The zero-order valence-electron chi connectivity index (χ0n) is 6.72. The van der Waals surface area contributed by atoms with Crippen molar-refractivity contribution in [3.63, 3.8) is 0 Å². The molecule has 0 saturated heterocycles. The SMILES string of the molecule is [CH2]CCCC1=CC=CC=CN1. The van der Waals surface area contributed by atoms with Crippen molar-refractivity contribution in [2.24, 2.45) is 0 Å². The molecule has 0 aromatic carbocycles. The van der Waals surface area contributed by atoms with Gasteiger partial charge < -0.3 is 5.32 Å². The van der Waals surface area contributed by atoms with Crippen LogP contribution in [0.4, 0.5) is 0 Å². The quantitative estimate of drug-likeness (QED) is 0.648. The van der Waals surface area contributed by atoms with E-state index in [0.29, 0.717) is 0 Å². The van der Waals surface area contributed by atoms with Crippen LogP contribution >= 0.6 is 0 Å². The first kappa shape index (κ1) is 8.12. The van der Waals surface area contributed by atoms with Crippen LogP contribution in [0.5, 0.6) is 0 Å². The van der Waals surface area contributed by atoms with Crippen molar-refractivity contribution in [1.29, 1.82) is 0 Å². The van der Waals surface area contributed by atoms with Crippen molar-refractivity contribution >= 4 is 0 Å². The van der Waals surface area contributed by atoms with Gasteiger partial charge in [-0.15, -0.1) is 0 Å². The largest absolute Gasteiger partial charge is 0.365 e. The van der Waals surface area contributed by atoms with Gasteiger partial charge in [-0.3, -0.25) is 0 Å². The van der Waals surface area contributed by atoms with E-state index in [4.69, 9.17) is 0 Å². The number of nitrogens with one attached hydrogen (secondary N) is 1. The van der Waals surface area contributed by atoms with E-state index >= 15 is 0 Å². The molecule has 1 nitrogen and oxygen atoms in total. The van der Waals surface area contributed by atoms with Gasteiger partial charge in [0.15, 0.2) is 0 Å². The molecular weight excluding hydrogens is 134 g/mol. The number of unbranched alkanes of at least 4 members (excludes halogenated alkanes) is 1. The molecule has 1 radical (unpaired) electrons. The van der Waals surface area contributed by atoms with E-state index in [1.165, 1.54) is 5.70 Å². The van der Waals surface area contributed by atoms with Crippen LogP contribution in [0.15, 0.2) is 36.2 Å². The third kappa shape index (κ3) is 3.08. The standard InChI is InChI=1S/C10H14N/c1-2-3-7-10-8-5-4-6-9-11-10/h4-6,8-9,11H,1-3,7H2. The van der Waals surface area contributed by atoms with Gasteiger partial charge >= 0.3 is 0 Å². The Labute approximate surface area is 68.5 Å². The Hall–Kier alpha value is -0.980. The van der Waals surface area contributed by atoms with Crippen LogP contribution in [-0.2, 0) is 0 Å². The Morgan fingerprint density at radius 1 is 1.27 bits per heavy atom. The van der Waals surface area contributed by atoms with Crippen LogP contribution in [0.3, 0.4) is 0 Å². The zero-order chi connectivity index (χ0) is 7.94. The summed E-state index contributed by atoms with van der Waals surface area (Å²) < 4.78 is 0. The van der Waals surface area contributed by atoms with E-state index in [9.17, 15) is 0 Å². The average Bonchev–Trinajstić information content (AvgIpc) is 2.28. The molecule has 1 aliphatic rings. The molecule has 0 aliphatic carbocycles. The molecule has 0 saturated carbocycles. The van der Waals surface area contributed by atoms with Gasteiger partial charge in [0.1, 0.15) is 0 Å². The lowest BCUT2D eigenvalue weighted by Crippen LogP contribution is -2.03. The normalized spacial score (nSPS) is 15.5. The summed E-state index contributed by atoms with van der Waals surface area (Å²) in [6.07, 6.45) is 13.4. The van der Waals surface area contributed by atoms with Crippen molar-refractivity contribution in [2.75, 3.05) is 0 Å². The Balaban J connectivity index is 2.38. The second-order valence-electron chi connectivity index (χ2n) is 2.54. The van der Waals surface area contributed by atoms with Crippen LogP contribution in [0.25, 0.3) is 0 Å². The third-order valence-electron chi connectivity index (χ3n) is 1.58. The second kappa shape index (κ2) is 4.78. The summed E-state index contributed by atoms with van der Waals surface area (Å²) in [4.78, 5) is 0.